The lowest BCUT2D eigenvalue weighted by molar-refractivity contribution is -0.132. The number of nitrogens with zero attached hydrogens (tertiary/aromatic N) is 4. The van der Waals surface area contributed by atoms with Gasteiger partial charge >= 0.3 is 0 Å². The molecule has 0 spiro atoms. The van der Waals surface area contributed by atoms with Gasteiger partial charge in [0.2, 0.25) is 23.6 Å². The lowest BCUT2D eigenvalue weighted by Gasteiger charge is -2.23. The Kier molecular flexibility index (Phi) is 76.7. The number of hydrogen-bond donors (Lipinski definition) is 0. The fourth-order valence-electron chi connectivity index (χ4n) is 8.86. The van der Waals surface area contributed by atoms with Crippen LogP contribution in [0.1, 0.15) is 165 Å². The molecule has 0 aromatic rings. The second kappa shape index (κ2) is 78.1. The lowest BCUT2D eigenvalue weighted by atomic mass is 10.2. The molecule has 24 heteroatoms. The van der Waals surface area contributed by atoms with Gasteiger partial charge in [0, 0.05) is 139 Å². The van der Waals surface area contributed by atoms with Crippen molar-refractivity contribution in [2.24, 2.45) is 0 Å². The highest BCUT2D eigenvalue weighted by Crippen LogP contribution is 2.16. The number of hydrogen-bond acceptors (Lipinski definition) is 20. The smallest absolute Gasteiger partial charge is 0.223 e. The molecule has 0 aliphatic rings. The van der Waals surface area contributed by atoms with Gasteiger partial charge in [0.1, 0.15) is 0 Å². The van der Waals surface area contributed by atoms with E-state index in [1.54, 1.807) is 23.5 Å². The molecular formula is C69H136N4O12S8. The van der Waals surface area contributed by atoms with E-state index in [0.29, 0.717) is 170 Å². The van der Waals surface area contributed by atoms with Gasteiger partial charge in [-0.15, -0.1) is 0 Å². The summed E-state index contributed by atoms with van der Waals surface area (Å²) in [6, 6.07) is 0. The van der Waals surface area contributed by atoms with E-state index in [2.05, 4.69) is 30.6 Å². The highest BCUT2D eigenvalue weighted by Gasteiger charge is 2.17. The summed E-state index contributed by atoms with van der Waals surface area (Å²) in [7, 11) is 0. The van der Waals surface area contributed by atoms with Crippen LogP contribution in [0.5, 0.6) is 0 Å². The van der Waals surface area contributed by atoms with Crippen LogP contribution in [-0.2, 0) is 57.1 Å². The summed E-state index contributed by atoms with van der Waals surface area (Å²) < 4.78 is 52.9. The molecule has 16 nitrogen and oxygen atoms in total. The van der Waals surface area contributed by atoms with Gasteiger partial charge in [-0.05, 0) is 130 Å². The van der Waals surface area contributed by atoms with E-state index in [-0.39, 0.29) is 11.8 Å². The van der Waals surface area contributed by atoms with Gasteiger partial charge in [0.25, 0.3) is 0 Å². The lowest BCUT2D eigenvalue weighted by Crippen LogP contribution is -2.35. The predicted octanol–water partition coefficient (Wildman–Crippen LogP) is 13.8. The largest absolute Gasteiger partial charge is 0.379 e. The van der Waals surface area contributed by atoms with Crippen LogP contribution in [0.15, 0.2) is 0 Å². The molecule has 0 N–H and O–H groups in total. The molecule has 0 aliphatic heterocycles. The average Bonchev–Trinajstić information content (AvgIpc) is 2.76. The minimum Gasteiger partial charge on any atom is -0.379 e. The van der Waals surface area contributed by atoms with Crippen LogP contribution in [0.3, 0.4) is 0 Å². The second-order valence-electron chi connectivity index (χ2n) is 22.2. The first-order valence-electron chi connectivity index (χ1n) is 36.6. The zero-order chi connectivity index (χ0) is 68.4. The van der Waals surface area contributed by atoms with Gasteiger partial charge in [-0.25, -0.2) is 0 Å². The topological polar surface area (TPSA) is 155 Å². The van der Waals surface area contributed by atoms with Crippen molar-refractivity contribution in [3.63, 3.8) is 0 Å². The molecule has 0 heterocycles. The normalized spacial score (nSPS) is 11.6. The van der Waals surface area contributed by atoms with Gasteiger partial charge in [-0.1, -0.05) is 53.4 Å². The number of ether oxygens (including phenoxy) is 8. The minimum absolute atomic E-state index is 0.164. The number of carbonyl (C=O) groups is 4. The van der Waals surface area contributed by atoms with Crippen LogP contribution in [0, 0.1) is 0 Å². The summed E-state index contributed by atoms with van der Waals surface area (Å²) in [4.78, 5) is 60.5. The molecule has 0 saturated heterocycles. The molecule has 0 aromatic carbocycles. The first-order valence-corrected chi connectivity index (χ1v) is 45.2. The SMILES string of the molecule is [2H]CCCCSCCCCSCCC(=O)N(CCCC)CCCSCCOCCOCCSCCC(=O)N(CCCSCCOCCOCCSCCC(=O)N(CCCSCCCCSCCC(=O)N(CCCC)CCCC)CCOCCOCC)CCOCCOCC. The summed E-state index contributed by atoms with van der Waals surface area (Å²) in [5, 5.41) is 0. The third-order valence-electron chi connectivity index (χ3n) is 14.3. The molecule has 0 radical (unpaired) electrons. The van der Waals surface area contributed by atoms with Crippen molar-refractivity contribution in [1.82, 2.24) is 19.6 Å². The Bertz CT molecular complexity index is 1620. The number of carbonyl (C=O) groups excluding carboxylic acids is 4. The van der Waals surface area contributed by atoms with Crippen molar-refractivity contribution in [3.8, 4) is 0 Å². The maximum Gasteiger partial charge on any atom is 0.223 e. The van der Waals surface area contributed by atoms with E-state index in [9.17, 15) is 19.2 Å². The van der Waals surface area contributed by atoms with Crippen LogP contribution in [0.25, 0.3) is 0 Å². The third kappa shape index (κ3) is 66.7. The van der Waals surface area contributed by atoms with Gasteiger partial charge in [-0.2, -0.15) is 94.1 Å². The Morgan fingerprint density at radius 2 is 0.484 bits per heavy atom. The Morgan fingerprint density at radius 3 is 0.785 bits per heavy atom. The Hall–Kier alpha value is 0.360. The monoisotopic (exact) mass is 1470 g/mol. The molecule has 0 atom stereocenters. The van der Waals surface area contributed by atoms with Crippen LogP contribution >= 0.6 is 94.1 Å². The van der Waals surface area contributed by atoms with Crippen LogP contribution in [0.2, 0.25) is 0 Å². The summed E-state index contributed by atoms with van der Waals surface area (Å²) in [6.45, 7) is 26.5. The van der Waals surface area contributed by atoms with E-state index < -0.39 is 0 Å². The number of thioether (sulfide) groups is 8. The van der Waals surface area contributed by atoms with E-state index in [0.717, 1.165) is 184 Å². The first kappa shape index (κ1) is 91.4. The van der Waals surface area contributed by atoms with Gasteiger partial charge in [-0.3, -0.25) is 19.2 Å². The van der Waals surface area contributed by atoms with Crippen molar-refractivity contribution in [2.45, 2.75) is 164 Å². The van der Waals surface area contributed by atoms with Gasteiger partial charge < -0.3 is 57.5 Å². The molecule has 0 fully saturated rings. The fraction of sp³-hybridized carbons (Fsp3) is 0.942. The van der Waals surface area contributed by atoms with Crippen molar-refractivity contribution in [3.05, 3.63) is 0 Å². The molecule has 0 rings (SSSR count). The summed E-state index contributed by atoms with van der Waals surface area (Å²) >= 11 is 15.1. The highest BCUT2D eigenvalue weighted by molar-refractivity contribution is 8.00. The molecule has 0 aromatic heterocycles. The van der Waals surface area contributed by atoms with Crippen LogP contribution in [-0.4, -0.2) is 293 Å². The molecule has 0 unspecified atom stereocenters. The zero-order valence-corrected chi connectivity index (χ0v) is 65.9. The number of unbranched alkanes of at least 4 members (excludes halogenated alkanes) is 6. The van der Waals surface area contributed by atoms with Crippen LogP contribution in [0.4, 0.5) is 0 Å². The predicted molar refractivity (Wildman–Crippen MR) is 413 cm³/mol. The molecule has 0 saturated carbocycles. The third-order valence-corrected chi connectivity index (χ3v) is 22.7. The summed E-state index contributed by atoms with van der Waals surface area (Å²) in [5.74, 6) is 16.6. The minimum atomic E-state index is 0.164. The molecular weight excluding hydrogens is 1330 g/mol. The van der Waals surface area contributed by atoms with Crippen molar-refractivity contribution in [2.75, 3.05) is 250 Å². The van der Waals surface area contributed by atoms with E-state index in [1.165, 1.54) is 37.2 Å². The van der Waals surface area contributed by atoms with Crippen molar-refractivity contribution in [1.29, 1.82) is 0 Å². The first-order chi connectivity index (χ1) is 46.3. The second-order valence-corrected chi connectivity index (χ2v) is 32.0. The maximum atomic E-state index is 13.3. The summed E-state index contributed by atoms with van der Waals surface area (Å²) in [6.07, 6.45) is 18.7. The van der Waals surface area contributed by atoms with E-state index >= 15 is 0 Å². The van der Waals surface area contributed by atoms with Crippen molar-refractivity contribution >= 4 is 118 Å². The summed E-state index contributed by atoms with van der Waals surface area (Å²) in [5.41, 5.74) is 0. The molecule has 0 aliphatic carbocycles. The van der Waals surface area contributed by atoms with Gasteiger partial charge in [0.05, 0.1) is 92.5 Å². The Balaban J connectivity index is 4.22. The van der Waals surface area contributed by atoms with Crippen molar-refractivity contribution < 1.29 is 58.4 Å². The fourth-order valence-corrected chi connectivity index (χ4v) is 15.8. The quantitative estimate of drug-likeness (QED) is 0.0530. The average molecular weight is 1470 g/mol. The Labute approximate surface area is 605 Å². The van der Waals surface area contributed by atoms with E-state index in [1.807, 2.05) is 94.2 Å². The zero-order valence-electron chi connectivity index (χ0n) is 60.4. The molecule has 93 heavy (non-hydrogen) atoms. The number of amides is 4. The standard InChI is InChI=1S/C69H136N4O12S8/c1-7-13-28-70(29-14-8-2)66(74)24-58-88-54-20-18-52-87-55-22-32-72(34-36-80-40-38-78-11-5)68(76)26-60-92-64-48-85-45-43-83-47-63-91-57-23-33-73(35-37-81-41-39-79-12-6)69(77)27-61-93-65-49-84-44-42-82-46-62-90-56-21-31-71(30-15-9-3)67(75)25-59-89-53-19-17-51-86-50-16-10-4/h7-65H2,1-6H3/i4D. The Morgan fingerprint density at radius 1 is 0.247 bits per heavy atom. The highest BCUT2D eigenvalue weighted by atomic mass is 32.2. The van der Waals surface area contributed by atoms with E-state index in [4.69, 9.17) is 39.3 Å². The maximum absolute atomic E-state index is 13.3. The molecule has 552 valence electrons. The van der Waals surface area contributed by atoms with Crippen LogP contribution < -0.4 is 0 Å². The number of rotatable bonds is 78. The molecule has 4 amide bonds. The molecule has 0 bridgehead atoms. The van der Waals surface area contributed by atoms with Gasteiger partial charge in [0.15, 0.2) is 0 Å².